The van der Waals surface area contributed by atoms with Crippen molar-refractivity contribution in [1.29, 1.82) is 0 Å². The van der Waals surface area contributed by atoms with Crippen molar-refractivity contribution < 1.29 is 14.3 Å². The molecule has 0 spiro atoms. The van der Waals surface area contributed by atoms with Crippen molar-refractivity contribution in [2.24, 2.45) is 0 Å². The molecule has 26 heavy (non-hydrogen) atoms. The number of halogens is 1. The van der Waals surface area contributed by atoms with E-state index in [1.807, 2.05) is 0 Å². The summed E-state index contributed by atoms with van der Waals surface area (Å²) in [5.74, 6) is -1.01. The van der Waals surface area contributed by atoms with E-state index in [4.69, 9.17) is 16.3 Å². The lowest BCUT2D eigenvalue weighted by atomic mass is 9.95. The van der Waals surface area contributed by atoms with E-state index in [0.29, 0.717) is 5.69 Å². The van der Waals surface area contributed by atoms with Gasteiger partial charge in [0.15, 0.2) is 0 Å². The normalized spacial score (nSPS) is 15.9. The third-order valence-electron chi connectivity index (χ3n) is 4.33. The van der Waals surface area contributed by atoms with Gasteiger partial charge < -0.3 is 10.1 Å². The molecular formula is C19H20ClN3O3. The lowest BCUT2D eigenvalue weighted by Crippen LogP contribution is -2.40. The first-order valence-corrected chi connectivity index (χ1v) is 9.05. The molecular weight excluding hydrogens is 354 g/mol. The topological polar surface area (TPSA) is 81.2 Å². The highest BCUT2D eigenvalue weighted by molar-refractivity contribution is 6.29. The Kier molecular flexibility index (Phi) is 6.17. The van der Waals surface area contributed by atoms with Crippen LogP contribution in [0.4, 0.5) is 0 Å². The summed E-state index contributed by atoms with van der Waals surface area (Å²) in [7, 11) is 0. The van der Waals surface area contributed by atoms with Gasteiger partial charge in [-0.25, -0.2) is 9.78 Å². The van der Waals surface area contributed by atoms with Gasteiger partial charge >= 0.3 is 5.97 Å². The zero-order valence-electron chi connectivity index (χ0n) is 14.2. The fraction of sp³-hybridized carbons (Fsp3) is 0.368. The molecule has 1 aliphatic rings. The summed E-state index contributed by atoms with van der Waals surface area (Å²) in [6, 6.07) is 8.27. The molecule has 0 saturated heterocycles. The van der Waals surface area contributed by atoms with E-state index in [9.17, 15) is 9.59 Å². The molecule has 2 aromatic rings. The maximum atomic E-state index is 12.8. The summed E-state index contributed by atoms with van der Waals surface area (Å²) in [5, 5.41) is 3.27. The third-order valence-corrected chi connectivity index (χ3v) is 4.56. The van der Waals surface area contributed by atoms with Gasteiger partial charge in [-0.3, -0.25) is 9.78 Å². The molecule has 3 rings (SSSR count). The summed E-state index contributed by atoms with van der Waals surface area (Å²) in [6.07, 6.45) is 7.03. The lowest BCUT2D eigenvalue weighted by molar-refractivity contribution is -0.131. The highest BCUT2D eigenvalue weighted by Crippen LogP contribution is 2.21. The van der Waals surface area contributed by atoms with Gasteiger partial charge in [0.1, 0.15) is 5.15 Å². The number of carbonyl (C=O) groups is 2. The van der Waals surface area contributed by atoms with Gasteiger partial charge in [-0.1, -0.05) is 36.9 Å². The largest absolute Gasteiger partial charge is 0.442 e. The fourth-order valence-electron chi connectivity index (χ4n) is 2.97. The molecule has 1 unspecified atom stereocenters. The summed E-state index contributed by atoms with van der Waals surface area (Å²) in [6.45, 7) is 0. The number of hydrogen-bond acceptors (Lipinski definition) is 5. The van der Waals surface area contributed by atoms with E-state index in [-0.39, 0.29) is 22.7 Å². The number of esters is 1. The van der Waals surface area contributed by atoms with Crippen LogP contribution in [0, 0.1) is 0 Å². The average Bonchev–Trinajstić information content (AvgIpc) is 2.68. The Hall–Kier alpha value is -2.47. The van der Waals surface area contributed by atoms with Crippen LogP contribution in [0.3, 0.4) is 0 Å². The predicted octanol–water partition coefficient (Wildman–Crippen LogP) is 3.48. The van der Waals surface area contributed by atoms with Gasteiger partial charge in [0.05, 0.1) is 11.3 Å². The first kappa shape index (κ1) is 18.3. The van der Waals surface area contributed by atoms with Crippen LogP contribution < -0.4 is 5.32 Å². The number of pyridine rings is 2. The van der Waals surface area contributed by atoms with E-state index < -0.39 is 12.1 Å². The number of rotatable bonds is 5. The van der Waals surface area contributed by atoms with Crippen molar-refractivity contribution in [2.75, 3.05) is 0 Å². The SMILES string of the molecule is O=C(OC(C(=O)NC1CCCCC1)c1ccccn1)c1ccc(Cl)nc1. The van der Waals surface area contributed by atoms with Gasteiger partial charge in [0.2, 0.25) is 6.10 Å². The van der Waals surface area contributed by atoms with Crippen molar-refractivity contribution in [3.05, 3.63) is 59.1 Å². The van der Waals surface area contributed by atoms with Crippen molar-refractivity contribution >= 4 is 23.5 Å². The van der Waals surface area contributed by atoms with Crippen LogP contribution in [0.25, 0.3) is 0 Å². The smallest absolute Gasteiger partial charge is 0.340 e. The number of carbonyl (C=O) groups excluding carboxylic acids is 2. The first-order valence-electron chi connectivity index (χ1n) is 8.67. The summed E-state index contributed by atoms with van der Waals surface area (Å²) in [5.41, 5.74) is 0.608. The number of hydrogen-bond donors (Lipinski definition) is 1. The second-order valence-corrected chi connectivity index (χ2v) is 6.64. The Labute approximate surface area is 156 Å². The third kappa shape index (κ3) is 4.79. The maximum Gasteiger partial charge on any atom is 0.340 e. The molecule has 1 amide bonds. The molecule has 1 fully saturated rings. The minimum Gasteiger partial charge on any atom is -0.442 e. The molecule has 0 bridgehead atoms. The first-order chi connectivity index (χ1) is 12.6. The summed E-state index contributed by atoms with van der Waals surface area (Å²) >= 11 is 5.74. The highest BCUT2D eigenvalue weighted by atomic mass is 35.5. The second kappa shape index (κ2) is 8.76. The molecule has 1 N–H and O–H groups in total. The Morgan fingerprint density at radius 2 is 1.92 bits per heavy atom. The number of aromatic nitrogens is 2. The van der Waals surface area contributed by atoms with Gasteiger partial charge in [-0.05, 0) is 37.1 Å². The number of nitrogens with one attached hydrogen (secondary N) is 1. The van der Waals surface area contributed by atoms with Crippen LogP contribution in [0.15, 0.2) is 42.7 Å². The molecule has 0 aromatic carbocycles. The lowest BCUT2D eigenvalue weighted by Gasteiger charge is -2.25. The van der Waals surface area contributed by atoms with E-state index in [1.165, 1.54) is 24.8 Å². The van der Waals surface area contributed by atoms with Crippen molar-refractivity contribution in [2.45, 2.75) is 44.2 Å². The molecule has 0 radical (unpaired) electrons. The van der Waals surface area contributed by atoms with Gasteiger partial charge in [-0.15, -0.1) is 0 Å². The van der Waals surface area contributed by atoms with Crippen LogP contribution in [0.1, 0.15) is 54.3 Å². The zero-order valence-corrected chi connectivity index (χ0v) is 15.0. The van der Waals surface area contributed by atoms with Crippen LogP contribution in [-0.4, -0.2) is 27.9 Å². The Bertz CT molecular complexity index is 746. The minimum absolute atomic E-state index is 0.110. The standard InChI is InChI=1S/C19H20ClN3O3/c20-16-10-9-13(12-22-16)19(25)26-17(15-8-4-5-11-21-15)18(24)23-14-6-2-1-3-7-14/h4-5,8-12,14,17H,1-3,6-7H2,(H,23,24). The monoisotopic (exact) mass is 373 g/mol. The molecule has 2 aromatic heterocycles. The summed E-state index contributed by atoms with van der Waals surface area (Å²) < 4.78 is 5.47. The second-order valence-electron chi connectivity index (χ2n) is 6.25. The molecule has 1 aliphatic carbocycles. The van der Waals surface area contributed by atoms with Crippen LogP contribution in [0.5, 0.6) is 0 Å². The van der Waals surface area contributed by atoms with Gasteiger partial charge in [-0.2, -0.15) is 0 Å². The number of nitrogens with zero attached hydrogens (tertiary/aromatic N) is 2. The summed E-state index contributed by atoms with van der Waals surface area (Å²) in [4.78, 5) is 33.2. The molecule has 0 aliphatic heterocycles. The highest BCUT2D eigenvalue weighted by Gasteiger charge is 2.29. The van der Waals surface area contributed by atoms with E-state index in [0.717, 1.165) is 25.7 Å². The van der Waals surface area contributed by atoms with Crippen molar-refractivity contribution in [3.8, 4) is 0 Å². The molecule has 1 atom stereocenters. The quantitative estimate of drug-likeness (QED) is 0.641. The minimum atomic E-state index is -1.11. The molecule has 6 nitrogen and oxygen atoms in total. The molecule has 7 heteroatoms. The van der Waals surface area contributed by atoms with Gasteiger partial charge in [0, 0.05) is 18.4 Å². The predicted molar refractivity (Wildman–Crippen MR) is 96.7 cm³/mol. The maximum absolute atomic E-state index is 12.8. The Morgan fingerprint density at radius 1 is 1.12 bits per heavy atom. The Balaban J connectivity index is 1.75. The van der Waals surface area contributed by atoms with Crippen LogP contribution >= 0.6 is 11.6 Å². The number of amides is 1. The Morgan fingerprint density at radius 3 is 2.58 bits per heavy atom. The van der Waals surface area contributed by atoms with Gasteiger partial charge in [0.25, 0.3) is 5.91 Å². The molecule has 1 saturated carbocycles. The average molecular weight is 374 g/mol. The van der Waals surface area contributed by atoms with E-state index in [2.05, 4.69) is 15.3 Å². The van der Waals surface area contributed by atoms with Crippen molar-refractivity contribution in [1.82, 2.24) is 15.3 Å². The van der Waals surface area contributed by atoms with E-state index >= 15 is 0 Å². The fourth-order valence-corrected chi connectivity index (χ4v) is 3.09. The molecule has 2 heterocycles. The molecule has 136 valence electrons. The van der Waals surface area contributed by atoms with Crippen LogP contribution in [0.2, 0.25) is 5.15 Å². The van der Waals surface area contributed by atoms with Crippen LogP contribution in [-0.2, 0) is 9.53 Å². The van der Waals surface area contributed by atoms with Crippen molar-refractivity contribution in [3.63, 3.8) is 0 Å². The number of ether oxygens (including phenoxy) is 1. The van der Waals surface area contributed by atoms with E-state index in [1.54, 1.807) is 24.4 Å². The zero-order chi connectivity index (χ0) is 18.4.